The highest BCUT2D eigenvalue weighted by Crippen LogP contribution is 2.31. The summed E-state index contributed by atoms with van der Waals surface area (Å²) in [5.41, 5.74) is 0.926. The summed E-state index contributed by atoms with van der Waals surface area (Å²) in [6.45, 7) is 0.238. The molecule has 4 rings (SSSR count). The van der Waals surface area contributed by atoms with E-state index < -0.39 is 5.91 Å². The van der Waals surface area contributed by atoms with Gasteiger partial charge in [-0.3, -0.25) is 15.2 Å². The van der Waals surface area contributed by atoms with E-state index in [-0.39, 0.29) is 18.2 Å². The van der Waals surface area contributed by atoms with Gasteiger partial charge in [0, 0.05) is 16.5 Å². The van der Waals surface area contributed by atoms with E-state index in [9.17, 15) is 4.79 Å². The van der Waals surface area contributed by atoms with Gasteiger partial charge < -0.3 is 14.2 Å². The van der Waals surface area contributed by atoms with Gasteiger partial charge in [0.2, 0.25) is 5.95 Å². The predicted molar refractivity (Wildman–Crippen MR) is 121 cm³/mol. The fraction of sp³-hybridized carbons (Fsp3) is 0.143. The van der Waals surface area contributed by atoms with E-state index in [0.29, 0.717) is 38.7 Å². The molecule has 0 bridgehead atoms. The van der Waals surface area contributed by atoms with E-state index in [4.69, 9.17) is 25.8 Å². The minimum atomic E-state index is -0.425. The fourth-order valence-corrected chi connectivity index (χ4v) is 3.57. The van der Waals surface area contributed by atoms with Gasteiger partial charge in [0.1, 0.15) is 34.6 Å². The van der Waals surface area contributed by atoms with Crippen molar-refractivity contribution >= 4 is 34.8 Å². The van der Waals surface area contributed by atoms with Crippen molar-refractivity contribution in [3.63, 3.8) is 0 Å². The highest BCUT2D eigenvalue weighted by atomic mass is 35.5. The van der Waals surface area contributed by atoms with Gasteiger partial charge in [-0.1, -0.05) is 11.6 Å². The van der Waals surface area contributed by atoms with Crippen LogP contribution in [0.3, 0.4) is 0 Å². The first-order valence-corrected chi connectivity index (χ1v) is 10.6. The predicted octanol–water partition coefficient (Wildman–Crippen LogP) is 4.43. The third-order valence-electron chi connectivity index (χ3n) is 4.33. The molecule has 2 aromatic carbocycles. The smallest absolute Gasteiger partial charge is 0.277 e. The Morgan fingerprint density at radius 3 is 2.62 bits per heavy atom. The summed E-state index contributed by atoms with van der Waals surface area (Å²) in [5.74, 6) is 2.01. The van der Waals surface area contributed by atoms with Crippen LogP contribution in [0, 0.1) is 0 Å². The molecule has 0 saturated heterocycles. The molecule has 32 heavy (non-hydrogen) atoms. The number of nitrogens with one attached hydrogen (secondary N) is 2. The number of H-pyrrole nitrogens is 1. The molecular weight excluding hydrogens is 454 g/mol. The average Bonchev–Trinajstić information content (AvgIpc) is 3.48. The van der Waals surface area contributed by atoms with Crippen molar-refractivity contribution in [1.29, 1.82) is 0 Å². The van der Waals surface area contributed by atoms with Gasteiger partial charge in [-0.15, -0.1) is 16.4 Å². The molecule has 11 heteroatoms. The lowest BCUT2D eigenvalue weighted by Crippen LogP contribution is -2.13. The number of anilines is 1. The van der Waals surface area contributed by atoms with Crippen LogP contribution < -0.4 is 19.5 Å². The molecule has 2 heterocycles. The zero-order chi connectivity index (χ0) is 22.5. The number of carbonyl (C=O) groups is 1. The summed E-state index contributed by atoms with van der Waals surface area (Å²) in [4.78, 5) is 21.2. The monoisotopic (exact) mass is 471 g/mol. The second kappa shape index (κ2) is 9.67. The first-order chi connectivity index (χ1) is 15.6. The van der Waals surface area contributed by atoms with Gasteiger partial charge in [0.05, 0.1) is 19.8 Å². The van der Waals surface area contributed by atoms with Gasteiger partial charge in [0.15, 0.2) is 5.82 Å². The van der Waals surface area contributed by atoms with E-state index in [1.165, 1.54) is 11.3 Å². The molecule has 0 spiro atoms. The van der Waals surface area contributed by atoms with Crippen LogP contribution in [0.5, 0.6) is 17.2 Å². The maximum absolute atomic E-state index is 12.5. The Kier molecular flexibility index (Phi) is 6.52. The molecule has 0 radical (unpaired) electrons. The number of halogens is 1. The Morgan fingerprint density at radius 1 is 1.09 bits per heavy atom. The number of benzene rings is 2. The Balaban J connectivity index is 1.40. The molecule has 2 N–H and O–H groups in total. The number of hydrogen-bond acceptors (Lipinski definition) is 8. The van der Waals surface area contributed by atoms with E-state index in [2.05, 4.69) is 25.5 Å². The molecule has 0 aliphatic carbocycles. The van der Waals surface area contributed by atoms with Crippen LogP contribution in [-0.4, -0.2) is 40.3 Å². The third-order valence-corrected chi connectivity index (χ3v) is 5.41. The summed E-state index contributed by atoms with van der Waals surface area (Å²) in [5, 5.41) is 12.4. The second-order valence-corrected chi connectivity index (χ2v) is 7.78. The minimum absolute atomic E-state index is 0.120. The van der Waals surface area contributed by atoms with Gasteiger partial charge >= 0.3 is 0 Å². The number of rotatable bonds is 8. The Labute approximate surface area is 192 Å². The van der Waals surface area contributed by atoms with E-state index in [1.54, 1.807) is 62.1 Å². The maximum atomic E-state index is 12.5. The number of carbonyl (C=O) groups excluding carboxylic acids is 1. The lowest BCUT2D eigenvalue weighted by atomic mass is 10.2. The molecule has 0 atom stereocenters. The molecule has 0 aliphatic heterocycles. The fourth-order valence-electron chi connectivity index (χ4n) is 2.76. The Morgan fingerprint density at radius 2 is 1.88 bits per heavy atom. The lowest BCUT2D eigenvalue weighted by molar-refractivity contribution is 0.102. The number of thiazole rings is 1. The van der Waals surface area contributed by atoms with Crippen molar-refractivity contribution in [3.8, 4) is 28.6 Å². The molecule has 0 saturated carbocycles. The van der Waals surface area contributed by atoms with Crippen molar-refractivity contribution < 1.29 is 19.0 Å². The second-order valence-electron chi connectivity index (χ2n) is 6.40. The van der Waals surface area contributed by atoms with Crippen molar-refractivity contribution in [2.24, 2.45) is 0 Å². The van der Waals surface area contributed by atoms with Crippen LogP contribution >= 0.6 is 22.9 Å². The number of amides is 1. The maximum Gasteiger partial charge on any atom is 0.277 e. The number of hydrogen-bond donors (Lipinski definition) is 2. The van der Waals surface area contributed by atoms with E-state index >= 15 is 0 Å². The van der Waals surface area contributed by atoms with E-state index in [0.717, 1.165) is 0 Å². The van der Waals surface area contributed by atoms with Crippen molar-refractivity contribution in [3.05, 3.63) is 63.6 Å². The van der Waals surface area contributed by atoms with Crippen LogP contribution in [-0.2, 0) is 6.61 Å². The zero-order valence-electron chi connectivity index (χ0n) is 17.1. The molecule has 1 amide bonds. The molecule has 4 aromatic rings. The minimum Gasteiger partial charge on any atom is -0.497 e. The third kappa shape index (κ3) is 4.98. The summed E-state index contributed by atoms with van der Waals surface area (Å²) >= 11 is 7.18. The summed E-state index contributed by atoms with van der Waals surface area (Å²) in [7, 11) is 3.12. The molecular formula is C21H18ClN5O4S. The number of methoxy groups -OCH3 is 2. The number of nitrogens with zero attached hydrogens (tertiary/aromatic N) is 3. The quantitative estimate of drug-likeness (QED) is 0.391. The zero-order valence-corrected chi connectivity index (χ0v) is 18.7. The lowest BCUT2D eigenvalue weighted by Gasteiger charge is -2.07. The van der Waals surface area contributed by atoms with Gasteiger partial charge in [0.25, 0.3) is 5.91 Å². The Bertz CT molecular complexity index is 1230. The summed E-state index contributed by atoms with van der Waals surface area (Å²) in [6.07, 6.45) is 0. The Hall–Kier alpha value is -3.63. The standard InChI is InChI=1S/C21H18ClN5O4S/c1-29-14-7-8-15(17(9-14)30-2)19-24-21(27-26-19)25-20(28)16-11-32-18(23-16)10-31-13-5-3-12(22)4-6-13/h3-9,11H,10H2,1-2H3,(H2,24,25,26,27,28). The first kappa shape index (κ1) is 21.6. The molecule has 2 aromatic heterocycles. The largest absolute Gasteiger partial charge is 0.497 e. The van der Waals surface area contributed by atoms with Crippen LogP contribution in [0.15, 0.2) is 47.8 Å². The van der Waals surface area contributed by atoms with Crippen LogP contribution in [0.4, 0.5) is 5.95 Å². The van der Waals surface area contributed by atoms with Gasteiger partial charge in [-0.2, -0.15) is 4.98 Å². The van der Waals surface area contributed by atoms with Crippen molar-refractivity contribution in [2.75, 3.05) is 19.5 Å². The van der Waals surface area contributed by atoms with Gasteiger partial charge in [-0.25, -0.2) is 4.98 Å². The average molecular weight is 472 g/mol. The van der Waals surface area contributed by atoms with Crippen molar-refractivity contribution in [1.82, 2.24) is 20.2 Å². The highest BCUT2D eigenvalue weighted by molar-refractivity contribution is 7.09. The first-order valence-electron chi connectivity index (χ1n) is 9.34. The normalized spacial score (nSPS) is 10.6. The summed E-state index contributed by atoms with van der Waals surface area (Å²) < 4.78 is 16.2. The topological polar surface area (TPSA) is 111 Å². The molecule has 0 fully saturated rings. The molecule has 0 aliphatic rings. The number of aromatic amines is 1. The van der Waals surface area contributed by atoms with Gasteiger partial charge in [-0.05, 0) is 36.4 Å². The van der Waals surface area contributed by atoms with E-state index in [1.807, 2.05) is 0 Å². The molecule has 0 unspecified atom stereocenters. The number of aromatic nitrogens is 4. The van der Waals surface area contributed by atoms with Crippen LogP contribution in [0.1, 0.15) is 15.5 Å². The molecule has 164 valence electrons. The summed E-state index contributed by atoms with van der Waals surface area (Å²) in [6, 6.07) is 12.3. The highest BCUT2D eigenvalue weighted by Gasteiger charge is 2.16. The van der Waals surface area contributed by atoms with Crippen molar-refractivity contribution in [2.45, 2.75) is 6.61 Å². The van der Waals surface area contributed by atoms with Crippen LogP contribution in [0.2, 0.25) is 5.02 Å². The molecule has 9 nitrogen and oxygen atoms in total. The number of ether oxygens (including phenoxy) is 3. The SMILES string of the molecule is COc1ccc(-c2nc(NC(=O)c3csc(COc4ccc(Cl)cc4)n3)n[nH]2)c(OC)c1. The van der Waals surface area contributed by atoms with Crippen LogP contribution in [0.25, 0.3) is 11.4 Å².